The number of nitrogens with zero attached hydrogens (tertiary/aromatic N) is 2. The lowest BCUT2D eigenvalue weighted by molar-refractivity contribution is 0.272. The number of ether oxygens (including phenoxy) is 1. The Morgan fingerprint density at radius 1 is 1.33 bits per heavy atom. The Hall–Kier alpha value is -1.97. The SMILES string of the molecule is Cc1cn(C(C)C)c(COc2ccccc2O)n1. The largest absolute Gasteiger partial charge is 0.504 e. The zero-order chi connectivity index (χ0) is 13.1. The van der Waals surface area contributed by atoms with Crippen molar-refractivity contribution >= 4 is 0 Å². The minimum absolute atomic E-state index is 0.150. The highest BCUT2D eigenvalue weighted by atomic mass is 16.5. The van der Waals surface area contributed by atoms with Crippen LogP contribution >= 0.6 is 0 Å². The van der Waals surface area contributed by atoms with Gasteiger partial charge >= 0.3 is 0 Å². The summed E-state index contributed by atoms with van der Waals surface area (Å²) in [7, 11) is 0. The van der Waals surface area contributed by atoms with E-state index >= 15 is 0 Å². The Kier molecular flexibility index (Phi) is 3.55. The molecule has 0 aliphatic heterocycles. The van der Waals surface area contributed by atoms with Crippen molar-refractivity contribution in [2.45, 2.75) is 33.4 Å². The maximum atomic E-state index is 9.62. The van der Waals surface area contributed by atoms with Crippen LogP contribution in [-0.4, -0.2) is 14.7 Å². The molecule has 1 heterocycles. The van der Waals surface area contributed by atoms with Gasteiger partial charge in [-0.3, -0.25) is 0 Å². The second-order valence-corrected chi connectivity index (χ2v) is 4.56. The van der Waals surface area contributed by atoms with E-state index in [0.717, 1.165) is 11.5 Å². The number of aromatic hydroxyl groups is 1. The lowest BCUT2D eigenvalue weighted by Crippen LogP contribution is -2.08. The minimum Gasteiger partial charge on any atom is -0.504 e. The molecule has 0 amide bonds. The molecule has 0 bridgehead atoms. The number of phenolic OH excluding ortho intramolecular Hbond substituents is 1. The van der Waals surface area contributed by atoms with Gasteiger partial charge in [-0.2, -0.15) is 0 Å². The third-order valence-electron chi connectivity index (χ3n) is 2.71. The van der Waals surface area contributed by atoms with Gasteiger partial charge in [-0.05, 0) is 32.9 Å². The molecule has 0 aliphatic rings. The number of benzene rings is 1. The maximum absolute atomic E-state index is 9.62. The number of imidazole rings is 1. The fraction of sp³-hybridized carbons (Fsp3) is 0.357. The van der Waals surface area contributed by atoms with Gasteiger partial charge in [-0.25, -0.2) is 4.98 Å². The Bertz CT molecular complexity index is 532. The molecule has 18 heavy (non-hydrogen) atoms. The van der Waals surface area contributed by atoms with E-state index in [4.69, 9.17) is 4.74 Å². The summed E-state index contributed by atoms with van der Waals surface area (Å²) in [6, 6.07) is 7.28. The van der Waals surface area contributed by atoms with Crippen molar-refractivity contribution in [2.75, 3.05) is 0 Å². The highest BCUT2D eigenvalue weighted by Crippen LogP contribution is 2.25. The number of para-hydroxylation sites is 2. The standard InChI is InChI=1S/C14H18N2O2/c1-10(2)16-8-11(3)15-14(16)9-18-13-7-5-4-6-12(13)17/h4-8,10,17H,9H2,1-3H3. The van der Waals surface area contributed by atoms with Gasteiger partial charge in [0.15, 0.2) is 11.5 Å². The first-order valence-corrected chi connectivity index (χ1v) is 6.03. The van der Waals surface area contributed by atoms with Gasteiger partial charge < -0.3 is 14.4 Å². The van der Waals surface area contributed by atoms with Crippen molar-refractivity contribution in [2.24, 2.45) is 0 Å². The van der Waals surface area contributed by atoms with Gasteiger partial charge in [-0.15, -0.1) is 0 Å². The molecule has 1 aromatic carbocycles. The minimum atomic E-state index is 0.150. The maximum Gasteiger partial charge on any atom is 0.161 e. The van der Waals surface area contributed by atoms with Gasteiger partial charge in [0.05, 0.1) is 5.69 Å². The Balaban J connectivity index is 2.13. The number of hydrogen-bond donors (Lipinski definition) is 1. The first-order valence-electron chi connectivity index (χ1n) is 6.03. The molecule has 1 N–H and O–H groups in total. The Morgan fingerprint density at radius 2 is 2.06 bits per heavy atom. The van der Waals surface area contributed by atoms with Crippen molar-refractivity contribution in [1.82, 2.24) is 9.55 Å². The fourth-order valence-electron chi connectivity index (χ4n) is 1.84. The first kappa shape index (κ1) is 12.5. The van der Waals surface area contributed by atoms with E-state index in [1.54, 1.807) is 18.2 Å². The lowest BCUT2D eigenvalue weighted by atomic mass is 10.3. The van der Waals surface area contributed by atoms with Gasteiger partial charge in [0, 0.05) is 12.2 Å². The van der Waals surface area contributed by atoms with Crippen molar-refractivity contribution in [3.63, 3.8) is 0 Å². The summed E-state index contributed by atoms with van der Waals surface area (Å²) in [5, 5.41) is 9.62. The topological polar surface area (TPSA) is 47.3 Å². The molecule has 2 aromatic rings. The predicted molar refractivity (Wildman–Crippen MR) is 69.8 cm³/mol. The van der Waals surface area contributed by atoms with Crippen molar-refractivity contribution in [1.29, 1.82) is 0 Å². The molecule has 96 valence electrons. The van der Waals surface area contributed by atoms with Crippen LogP contribution in [0.15, 0.2) is 30.5 Å². The van der Waals surface area contributed by atoms with Gasteiger partial charge in [0.1, 0.15) is 12.4 Å². The zero-order valence-corrected chi connectivity index (χ0v) is 10.9. The highest BCUT2D eigenvalue weighted by molar-refractivity contribution is 5.37. The molecule has 4 nitrogen and oxygen atoms in total. The molecule has 0 atom stereocenters. The van der Waals surface area contributed by atoms with E-state index in [-0.39, 0.29) is 5.75 Å². The van der Waals surface area contributed by atoms with Crippen LogP contribution in [0.3, 0.4) is 0 Å². The van der Waals surface area contributed by atoms with Crippen LogP contribution in [0.25, 0.3) is 0 Å². The number of aromatic nitrogens is 2. The van der Waals surface area contributed by atoms with E-state index in [0.29, 0.717) is 18.4 Å². The quantitative estimate of drug-likeness (QED) is 0.901. The summed E-state index contributed by atoms with van der Waals surface area (Å²) in [6.45, 7) is 6.52. The Morgan fingerprint density at radius 3 is 2.72 bits per heavy atom. The van der Waals surface area contributed by atoms with Crippen LogP contribution in [0.1, 0.15) is 31.4 Å². The summed E-state index contributed by atoms with van der Waals surface area (Å²) in [6.07, 6.45) is 2.01. The van der Waals surface area contributed by atoms with Gasteiger partial charge in [0.2, 0.25) is 0 Å². The third kappa shape index (κ3) is 2.64. The summed E-state index contributed by atoms with van der Waals surface area (Å²) in [5.41, 5.74) is 0.972. The van der Waals surface area contributed by atoms with Crippen molar-refractivity contribution in [3.8, 4) is 11.5 Å². The summed E-state index contributed by atoms with van der Waals surface area (Å²) < 4.78 is 7.67. The molecule has 1 aromatic heterocycles. The molecule has 0 unspecified atom stereocenters. The number of hydrogen-bond acceptors (Lipinski definition) is 3. The fourth-order valence-corrected chi connectivity index (χ4v) is 1.84. The smallest absolute Gasteiger partial charge is 0.161 e. The normalized spacial score (nSPS) is 10.9. The van der Waals surface area contributed by atoms with E-state index in [1.807, 2.05) is 19.2 Å². The Labute approximate surface area is 107 Å². The second kappa shape index (κ2) is 5.12. The molecule has 0 saturated heterocycles. The average Bonchev–Trinajstić information content (AvgIpc) is 2.70. The van der Waals surface area contributed by atoms with Crippen LogP contribution in [0.2, 0.25) is 0 Å². The molecule has 0 saturated carbocycles. The summed E-state index contributed by atoms with van der Waals surface area (Å²) >= 11 is 0. The molecule has 0 fully saturated rings. The molecular weight excluding hydrogens is 228 g/mol. The van der Waals surface area contributed by atoms with E-state index in [9.17, 15) is 5.11 Å². The monoisotopic (exact) mass is 246 g/mol. The number of rotatable bonds is 4. The van der Waals surface area contributed by atoms with Crippen LogP contribution in [0, 0.1) is 6.92 Å². The van der Waals surface area contributed by atoms with Crippen molar-refractivity contribution in [3.05, 3.63) is 42.0 Å². The van der Waals surface area contributed by atoms with E-state index < -0.39 is 0 Å². The van der Waals surface area contributed by atoms with Crippen molar-refractivity contribution < 1.29 is 9.84 Å². The second-order valence-electron chi connectivity index (χ2n) is 4.56. The number of phenols is 1. The van der Waals surface area contributed by atoms with E-state index in [2.05, 4.69) is 23.4 Å². The molecular formula is C14H18N2O2. The van der Waals surface area contributed by atoms with Crippen LogP contribution in [0.4, 0.5) is 0 Å². The molecule has 4 heteroatoms. The van der Waals surface area contributed by atoms with E-state index in [1.165, 1.54) is 0 Å². The van der Waals surface area contributed by atoms with Gasteiger partial charge in [-0.1, -0.05) is 12.1 Å². The highest BCUT2D eigenvalue weighted by Gasteiger charge is 2.10. The summed E-state index contributed by atoms with van der Waals surface area (Å²) in [4.78, 5) is 4.43. The predicted octanol–water partition coefficient (Wildman–Crippen LogP) is 3.06. The van der Waals surface area contributed by atoms with Crippen LogP contribution < -0.4 is 4.74 Å². The van der Waals surface area contributed by atoms with Crippen LogP contribution in [-0.2, 0) is 6.61 Å². The molecule has 0 aliphatic carbocycles. The zero-order valence-electron chi connectivity index (χ0n) is 10.9. The van der Waals surface area contributed by atoms with Gasteiger partial charge in [0.25, 0.3) is 0 Å². The average molecular weight is 246 g/mol. The molecule has 0 spiro atoms. The van der Waals surface area contributed by atoms with Crippen LogP contribution in [0.5, 0.6) is 11.5 Å². The lowest BCUT2D eigenvalue weighted by Gasteiger charge is -2.12. The molecule has 0 radical (unpaired) electrons. The molecule has 2 rings (SSSR count). The first-order chi connectivity index (χ1) is 8.58. The number of aryl methyl sites for hydroxylation is 1. The third-order valence-corrected chi connectivity index (χ3v) is 2.71. The summed E-state index contributed by atoms with van der Waals surface area (Å²) in [5.74, 6) is 1.50.